The average molecular weight is 358 g/mol. The third-order valence-electron chi connectivity index (χ3n) is 1.51. The van der Waals surface area contributed by atoms with E-state index in [4.69, 9.17) is 28.3 Å². The van der Waals surface area contributed by atoms with Gasteiger partial charge in [0.15, 0.2) is 14.9 Å². The van der Waals surface area contributed by atoms with Crippen LogP contribution in [0.15, 0.2) is 4.60 Å². The number of nitrogens with zero attached hydrogens (tertiary/aromatic N) is 6. The van der Waals surface area contributed by atoms with Gasteiger partial charge in [-0.3, -0.25) is 0 Å². The summed E-state index contributed by atoms with van der Waals surface area (Å²) in [7, 11) is 3.20. The first-order chi connectivity index (χ1) is 8.31. The molecule has 0 saturated heterocycles. The highest BCUT2D eigenvalue weighted by Crippen LogP contribution is 2.14. The molecule has 0 unspecified atom stereocenters. The van der Waals surface area contributed by atoms with Gasteiger partial charge < -0.3 is 5.11 Å². The molecule has 0 bridgehead atoms. The Kier molecular flexibility index (Phi) is 5.05. The average Bonchev–Trinajstić information content (AvgIpc) is 2.71. The molecule has 0 spiro atoms. The van der Waals surface area contributed by atoms with Gasteiger partial charge in [0.2, 0.25) is 5.69 Å². The van der Waals surface area contributed by atoms with Gasteiger partial charge in [-0.05, 0) is 15.9 Å². The lowest BCUT2D eigenvalue weighted by Crippen LogP contribution is -1.99. The standard InChI is InChI=1S/C4H4ClN3O2.C3H3BrClN3/c1-8-6-2(4(9)10)3(5)7-8;1-8-6-2(4)3(5)7-8/h1H3,(H,9,10);1H3. The largest absolute Gasteiger partial charge is 0.476 e. The summed E-state index contributed by atoms with van der Waals surface area (Å²) in [6, 6.07) is 0. The smallest absolute Gasteiger partial charge is 0.359 e. The van der Waals surface area contributed by atoms with Crippen LogP contribution in [-0.2, 0) is 14.1 Å². The molecule has 2 aromatic rings. The van der Waals surface area contributed by atoms with Crippen LogP contribution in [0.1, 0.15) is 10.5 Å². The lowest BCUT2D eigenvalue weighted by molar-refractivity contribution is 0.0690. The van der Waals surface area contributed by atoms with E-state index in [0.717, 1.165) is 4.80 Å². The van der Waals surface area contributed by atoms with Crippen LogP contribution in [0.3, 0.4) is 0 Å². The fourth-order valence-electron chi connectivity index (χ4n) is 0.873. The number of carboxylic acid groups (broad SMARTS) is 1. The van der Waals surface area contributed by atoms with E-state index in [1.807, 2.05) is 0 Å². The Morgan fingerprint density at radius 3 is 1.78 bits per heavy atom. The number of rotatable bonds is 1. The zero-order valence-corrected chi connectivity index (χ0v) is 12.3. The van der Waals surface area contributed by atoms with Crippen molar-refractivity contribution in [2.24, 2.45) is 14.1 Å². The van der Waals surface area contributed by atoms with Gasteiger partial charge in [-0.1, -0.05) is 23.2 Å². The number of aromatic nitrogens is 6. The van der Waals surface area contributed by atoms with Gasteiger partial charge in [0.05, 0.1) is 0 Å². The summed E-state index contributed by atoms with van der Waals surface area (Å²) in [4.78, 5) is 12.7. The Morgan fingerprint density at radius 2 is 1.61 bits per heavy atom. The minimum absolute atomic E-state index is 0.0880. The molecule has 2 heterocycles. The summed E-state index contributed by atoms with van der Waals surface area (Å²) in [6.45, 7) is 0. The summed E-state index contributed by atoms with van der Waals surface area (Å²) >= 11 is 13.9. The van der Waals surface area contributed by atoms with Crippen molar-refractivity contribution >= 4 is 45.1 Å². The third-order valence-corrected chi connectivity index (χ3v) is 2.78. The van der Waals surface area contributed by atoms with E-state index in [2.05, 4.69) is 36.3 Å². The van der Waals surface area contributed by atoms with E-state index in [9.17, 15) is 4.79 Å². The minimum Gasteiger partial charge on any atom is -0.476 e. The molecule has 98 valence electrons. The van der Waals surface area contributed by atoms with Gasteiger partial charge in [0, 0.05) is 14.1 Å². The molecule has 0 aromatic carbocycles. The van der Waals surface area contributed by atoms with Gasteiger partial charge in [0.1, 0.15) is 0 Å². The summed E-state index contributed by atoms with van der Waals surface area (Å²) < 4.78 is 0.585. The maximum absolute atomic E-state index is 10.2. The molecule has 0 atom stereocenters. The number of hydrogen-bond donors (Lipinski definition) is 1. The fourth-order valence-corrected chi connectivity index (χ4v) is 1.56. The zero-order chi connectivity index (χ0) is 13.9. The summed E-state index contributed by atoms with van der Waals surface area (Å²) in [5.74, 6) is -1.17. The van der Waals surface area contributed by atoms with Crippen molar-refractivity contribution in [2.45, 2.75) is 0 Å². The molecule has 11 heteroatoms. The number of carbonyl (C=O) groups is 1. The molecule has 0 aliphatic rings. The summed E-state index contributed by atoms with van der Waals surface area (Å²) in [5.41, 5.74) is -0.218. The lowest BCUT2D eigenvalue weighted by Gasteiger charge is -1.81. The van der Waals surface area contributed by atoms with Crippen molar-refractivity contribution in [3.63, 3.8) is 0 Å². The molecular weight excluding hydrogens is 351 g/mol. The van der Waals surface area contributed by atoms with Crippen molar-refractivity contribution in [3.05, 3.63) is 20.6 Å². The Balaban J connectivity index is 0.000000184. The monoisotopic (exact) mass is 356 g/mol. The zero-order valence-electron chi connectivity index (χ0n) is 9.17. The quantitative estimate of drug-likeness (QED) is 0.828. The van der Waals surface area contributed by atoms with Gasteiger partial charge in [-0.15, -0.1) is 20.4 Å². The van der Waals surface area contributed by atoms with Crippen LogP contribution in [0.25, 0.3) is 0 Å². The third kappa shape index (κ3) is 3.93. The number of hydrogen-bond acceptors (Lipinski definition) is 5. The Labute approximate surface area is 120 Å². The molecule has 0 aliphatic heterocycles. The molecule has 0 saturated carbocycles. The molecule has 0 fully saturated rings. The van der Waals surface area contributed by atoms with Crippen molar-refractivity contribution in [1.82, 2.24) is 30.0 Å². The Hall–Kier alpha value is -1.19. The summed E-state index contributed by atoms with van der Waals surface area (Å²) in [5, 5.41) is 23.2. The minimum atomic E-state index is -1.17. The molecule has 8 nitrogen and oxygen atoms in total. The van der Waals surface area contributed by atoms with Crippen molar-refractivity contribution < 1.29 is 9.90 Å². The molecule has 18 heavy (non-hydrogen) atoms. The normalized spacial score (nSPS) is 9.83. The second-order valence-electron chi connectivity index (χ2n) is 2.91. The van der Waals surface area contributed by atoms with Crippen LogP contribution in [-0.4, -0.2) is 41.1 Å². The number of halogens is 3. The molecule has 0 aliphatic carbocycles. The highest BCUT2D eigenvalue weighted by Gasteiger charge is 2.13. The van der Waals surface area contributed by atoms with Gasteiger partial charge in [0.25, 0.3) is 0 Å². The SMILES string of the molecule is Cn1nc(Cl)c(Br)n1.Cn1nc(Cl)c(C(=O)O)n1. The van der Waals surface area contributed by atoms with Crippen LogP contribution in [0.4, 0.5) is 0 Å². The first kappa shape index (κ1) is 14.9. The molecule has 0 amide bonds. The van der Waals surface area contributed by atoms with Crippen LogP contribution in [0, 0.1) is 0 Å². The molecule has 1 N–H and O–H groups in total. The van der Waals surface area contributed by atoms with Crippen molar-refractivity contribution in [2.75, 3.05) is 0 Å². The number of carboxylic acids is 1. The van der Waals surface area contributed by atoms with E-state index in [1.165, 1.54) is 11.8 Å². The maximum Gasteiger partial charge on any atom is 0.359 e. The van der Waals surface area contributed by atoms with Gasteiger partial charge in [-0.25, -0.2) is 4.79 Å². The highest BCUT2D eigenvalue weighted by atomic mass is 79.9. The topological polar surface area (TPSA) is 98.7 Å². The maximum atomic E-state index is 10.2. The number of aryl methyl sites for hydroxylation is 2. The van der Waals surface area contributed by atoms with Gasteiger partial charge >= 0.3 is 5.97 Å². The number of aromatic carboxylic acids is 1. The lowest BCUT2D eigenvalue weighted by atomic mass is 10.5. The summed E-state index contributed by atoms with van der Waals surface area (Å²) in [6.07, 6.45) is 0. The van der Waals surface area contributed by atoms with E-state index in [-0.39, 0.29) is 10.8 Å². The van der Waals surface area contributed by atoms with E-state index < -0.39 is 5.97 Å². The van der Waals surface area contributed by atoms with Crippen LogP contribution in [0.5, 0.6) is 0 Å². The molecule has 2 aromatic heterocycles. The fraction of sp³-hybridized carbons (Fsp3) is 0.286. The Morgan fingerprint density at radius 1 is 1.11 bits per heavy atom. The van der Waals surface area contributed by atoms with Gasteiger partial charge in [-0.2, -0.15) is 9.59 Å². The second-order valence-corrected chi connectivity index (χ2v) is 4.37. The van der Waals surface area contributed by atoms with E-state index in [1.54, 1.807) is 7.05 Å². The van der Waals surface area contributed by atoms with E-state index in [0.29, 0.717) is 9.76 Å². The van der Waals surface area contributed by atoms with Crippen LogP contribution >= 0.6 is 39.1 Å². The first-order valence-electron chi connectivity index (χ1n) is 4.33. The van der Waals surface area contributed by atoms with Crippen molar-refractivity contribution in [3.8, 4) is 0 Å². The molecular formula is C7H7BrCl2N6O2. The predicted molar refractivity (Wildman–Crippen MR) is 66.7 cm³/mol. The van der Waals surface area contributed by atoms with Crippen LogP contribution < -0.4 is 0 Å². The van der Waals surface area contributed by atoms with Crippen LogP contribution in [0.2, 0.25) is 10.3 Å². The van der Waals surface area contributed by atoms with E-state index >= 15 is 0 Å². The highest BCUT2D eigenvalue weighted by molar-refractivity contribution is 9.10. The second kappa shape index (κ2) is 6.12. The molecule has 2 rings (SSSR count). The van der Waals surface area contributed by atoms with Crippen molar-refractivity contribution in [1.29, 1.82) is 0 Å². The Bertz CT molecular complexity index is 549. The molecule has 0 radical (unpaired) electrons. The predicted octanol–water partition coefficient (Wildman–Crippen LogP) is 1.40. The first-order valence-corrected chi connectivity index (χ1v) is 5.88.